The average Bonchev–Trinajstić information content (AvgIpc) is 3.19. The molecule has 0 fully saturated rings. The first-order valence-corrected chi connectivity index (χ1v) is 8.64. The molecule has 0 amide bonds. The van der Waals surface area contributed by atoms with Gasteiger partial charge in [0.1, 0.15) is 0 Å². The molecule has 0 saturated carbocycles. The summed E-state index contributed by atoms with van der Waals surface area (Å²) in [5.74, 6) is 0.879. The van der Waals surface area contributed by atoms with Crippen LogP contribution in [-0.4, -0.2) is 14.5 Å². The molecule has 23 heavy (non-hydrogen) atoms. The summed E-state index contributed by atoms with van der Waals surface area (Å²) in [6.45, 7) is 0.562. The van der Waals surface area contributed by atoms with E-state index in [-0.39, 0.29) is 0 Å². The fourth-order valence-electron chi connectivity index (χ4n) is 2.59. The van der Waals surface area contributed by atoms with Crippen LogP contribution in [0, 0.1) is 0 Å². The van der Waals surface area contributed by atoms with Crippen LogP contribution in [0.15, 0.2) is 54.2 Å². The summed E-state index contributed by atoms with van der Waals surface area (Å²) in [5.41, 5.74) is 4.69. The lowest BCUT2D eigenvalue weighted by Crippen LogP contribution is -2.03. The Morgan fingerprint density at radius 1 is 1.00 bits per heavy atom. The summed E-state index contributed by atoms with van der Waals surface area (Å²) < 4.78 is 2.13. The van der Waals surface area contributed by atoms with Gasteiger partial charge in [-0.25, -0.2) is 4.98 Å². The second-order valence-corrected chi connectivity index (χ2v) is 6.78. The Hall–Kier alpha value is -1.88. The lowest BCUT2D eigenvalue weighted by molar-refractivity contribution is 0.836. The van der Waals surface area contributed by atoms with E-state index in [2.05, 4.69) is 15.6 Å². The van der Waals surface area contributed by atoms with Gasteiger partial charge in [-0.15, -0.1) is 11.3 Å². The van der Waals surface area contributed by atoms with Crippen LogP contribution < -0.4 is 0 Å². The minimum Gasteiger partial charge on any atom is -0.319 e. The molecule has 0 atom stereocenters. The number of imidazole rings is 1. The van der Waals surface area contributed by atoms with Crippen molar-refractivity contribution in [2.45, 2.75) is 6.54 Å². The lowest BCUT2D eigenvalue weighted by Gasteiger charge is -2.11. The Labute approximate surface area is 147 Å². The number of benzene rings is 2. The monoisotopic (exact) mass is 359 g/mol. The number of nitrogens with zero attached hydrogens (tertiary/aromatic N) is 3. The fourth-order valence-corrected chi connectivity index (χ4v) is 3.73. The molecule has 4 aromatic rings. The van der Waals surface area contributed by atoms with Gasteiger partial charge in [-0.2, -0.15) is 0 Å². The number of thiazole rings is 1. The lowest BCUT2D eigenvalue weighted by atomic mass is 10.2. The largest absolute Gasteiger partial charge is 0.319 e. The SMILES string of the molecule is Clc1cccc(Cl)c1Cn1c(-c2cncs2)nc2ccccc21. The van der Waals surface area contributed by atoms with Gasteiger partial charge in [0.25, 0.3) is 0 Å². The van der Waals surface area contributed by atoms with Crippen molar-refractivity contribution < 1.29 is 0 Å². The van der Waals surface area contributed by atoms with E-state index in [1.807, 2.05) is 48.1 Å². The summed E-state index contributed by atoms with van der Waals surface area (Å²) in [4.78, 5) is 9.94. The molecule has 2 heterocycles. The molecule has 0 spiro atoms. The first kappa shape index (κ1) is 14.7. The van der Waals surface area contributed by atoms with Crippen LogP contribution in [0.5, 0.6) is 0 Å². The van der Waals surface area contributed by atoms with Crippen molar-refractivity contribution in [3.63, 3.8) is 0 Å². The Bertz CT molecular complexity index is 957. The van der Waals surface area contributed by atoms with Gasteiger partial charge in [-0.05, 0) is 24.3 Å². The van der Waals surface area contributed by atoms with E-state index in [1.54, 1.807) is 11.3 Å². The van der Waals surface area contributed by atoms with Crippen molar-refractivity contribution in [2.24, 2.45) is 0 Å². The molecular formula is C17H11Cl2N3S. The first-order chi connectivity index (χ1) is 11.2. The van der Waals surface area contributed by atoms with Gasteiger partial charge in [-0.3, -0.25) is 4.98 Å². The Kier molecular flexibility index (Phi) is 3.81. The maximum Gasteiger partial charge on any atom is 0.153 e. The summed E-state index contributed by atoms with van der Waals surface area (Å²) >= 11 is 14.3. The maximum atomic E-state index is 6.35. The number of halogens is 2. The molecule has 0 aliphatic carbocycles. The third-order valence-electron chi connectivity index (χ3n) is 3.69. The highest BCUT2D eigenvalue weighted by molar-refractivity contribution is 7.13. The second kappa shape index (κ2) is 5.96. The molecule has 0 aliphatic heterocycles. The van der Waals surface area contributed by atoms with Crippen LogP contribution in [0.2, 0.25) is 10.0 Å². The van der Waals surface area contributed by atoms with Crippen molar-refractivity contribution in [3.8, 4) is 10.7 Å². The highest BCUT2D eigenvalue weighted by atomic mass is 35.5. The molecular weight excluding hydrogens is 349 g/mol. The third-order valence-corrected chi connectivity index (χ3v) is 5.16. The van der Waals surface area contributed by atoms with Gasteiger partial charge in [-0.1, -0.05) is 41.4 Å². The van der Waals surface area contributed by atoms with E-state index < -0.39 is 0 Å². The van der Waals surface area contributed by atoms with Crippen molar-refractivity contribution in [3.05, 3.63) is 69.8 Å². The number of aromatic nitrogens is 3. The van der Waals surface area contributed by atoms with Gasteiger partial charge in [0.05, 0.1) is 28.0 Å². The molecule has 2 aromatic carbocycles. The number of fused-ring (bicyclic) bond motifs is 1. The van der Waals surface area contributed by atoms with Crippen LogP contribution in [0.4, 0.5) is 0 Å². The molecule has 0 bridgehead atoms. The predicted molar refractivity (Wildman–Crippen MR) is 96.4 cm³/mol. The Morgan fingerprint density at radius 3 is 2.52 bits per heavy atom. The van der Waals surface area contributed by atoms with Crippen molar-refractivity contribution in [2.75, 3.05) is 0 Å². The molecule has 4 rings (SSSR count). The summed E-state index contributed by atoms with van der Waals surface area (Å²) in [6.07, 6.45) is 1.83. The molecule has 0 N–H and O–H groups in total. The van der Waals surface area contributed by atoms with Gasteiger partial charge in [0.15, 0.2) is 5.82 Å². The van der Waals surface area contributed by atoms with E-state index in [9.17, 15) is 0 Å². The van der Waals surface area contributed by atoms with Gasteiger partial charge in [0.2, 0.25) is 0 Å². The molecule has 6 heteroatoms. The summed E-state index contributed by atoms with van der Waals surface area (Å²) in [7, 11) is 0. The van der Waals surface area contributed by atoms with Crippen LogP contribution in [0.3, 0.4) is 0 Å². The zero-order chi connectivity index (χ0) is 15.8. The molecule has 0 radical (unpaired) electrons. The van der Waals surface area contributed by atoms with Crippen LogP contribution in [-0.2, 0) is 6.54 Å². The highest BCUT2D eigenvalue weighted by Gasteiger charge is 2.16. The molecule has 114 valence electrons. The first-order valence-electron chi connectivity index (χ1n) is 7.01. The normalized spacial score (nSPS) is 11.2. The van der Waals surface area contributed by atoms with Crippen molar-refractivity contribution in [1.29, 1.82) is 0 Å². The minimum atomic E-state index is 0.562. The zero-order valence-electron chi connectivity index (χ0n) is 11.9. The predicted octanol–water partition coefficient (Wildman–Crippen LogP) is 5.51. The van der Waals surface area contributed by atoms with E-state index in [4.69, 9.17) is 28.2 Å². The number of hydrogen-bond donors (Lipinski definition) is 0. The van der Waals surface area contributed by atoms with Crippen LogP contribution >= 0.6 is 34.5 Å². The summed E-state index contributed by atoms with van der Waals surface area (Å²) in [5, 5.41) is 1.32. The zero-order valence-corrected chi connectivity index (χ0v) is 14.2. The van der Waals surface area contributed by atoms with Crippen molar-refractivity contribution in [1.82, 2.24) is 14.5 Å². The summed E-state index contributed by atoms with van der Waals surface area (Å²) in [6, 6.07) is 13.6. The molecule has 0 unspecified atom stereocenters. The van der Waals surface area contributed by atoms with Gasteiger partial charge >= 0.3 is 0 Å². The van der Waals surface area contributed by atoms with E-state index in [0.29, 0.717) is 16.6 Å². The number of para-hydroxylation sites is 2. The van der Waals surface area contributed by atoms with E-state index in [1.165, 1.54) is 0 Å². The third kappa shape index (κ3) is 2.63. The van der Waals surface area contributed by atoms with Crippen LogP contribution in [0.1, 0.15) is 5.56 Å². The molecule has 2 aromatic heterocycles. The quantitative estimate of drug-likeness (QED) is 0.482. The molecule has 3 nitrogen and oxygen atoms in total. The average molecular weight is 360 g/mol. The Morgan fingerprint density at radius 2 is 1.78 bits per heavy atom. The standard InChI is InChI=1S/C17H11Cl2N3S/c18-12-4-3-5-13(19)11(12)9-22-15-7-2-1-6-14(15)21-17(22)16-8-20-10-23-16/h1-8,10H,9H2. The van der Waals surface area contributed by atoms with E-state index >= 15 is 0 Å². The van der Waals surface area contributed by atoms with Crippen molar-refractivity contribution >= 4 is 45.6 Å². The maximum absolute atomic E-state index is 6.35. The smallest absolute Gasteiger partial charge is 0.153 e. The van der Waals surface area contributed by atoms with E-state index in [0.717, 1.165) is 27.3 Å². The van der Waals surface area contributed by atoms with Gasteiger partial charge < -0.3 is 4.57 Å². The number of rotatable bonds is 3. The Balaban J connectivity index is 1.93. The molecule has 0 saturated heterocycles. The van der Waals surface area contributed by atoms with Gasteiger partial charge in [0, 0.05) is 21.8 Å². The minimum absolute atomic E-state index is 0.562. The second-order valence-electron chi connectivity index (χ2n) is 5.08. The highest BCUT2D eigenvalue weighted by Crippen LogP contribution is 2.31. The topological polar surface area (TPSA) is 30.7 Å². The number of hydrogen-bond acceptors (Lipinski definition) is 3. The fraction of sp³-hybridized carbons (Fsp3) is 0.0588. The van der Waals surface area contributed by atoms with Crippen LogP contribution in [0.25, 0.3) is 21.7 Å². The molecule has 0 aliphatic rings.